The average molecular weight is 153 g/mol. The van der Waals surface area contributed by atoms with Crippen LogP contribution in [0.2, 0.25) is 0 Å². The van der Waals surface area contributed by atoms with Crippen LogP contribution in [0.25, 0.3) is 0 Å². The number of carbonyl (C=O) groups is 1. The van der Waals surface area contributed by atoms with Gasteiger partial charge in [0.05, 0.1) is 0 Å². The van der Waals surface area contributed by atoms with Gasteiger partial charge >= 0.3 is 0 Å². The van der Waals surface area contributed by atoms with E-state index in [9.17, 15) is 4.79 Å². The minimum absolute atomic E-state index is 0. The van der Waals surface area contributed by atoms with Gasteiger partial charge in [-0.1, -0.05) is 25.3 Å². The summed E-state index contributed by atoms with van der Waals surface area (Å²) in [7, 11) is 0. The quantitative estimate of drug-likeness (QED) is 0.496. The van der Waals surface area contributed by atoms with Crippen molar-refractivity contribution in [3.8, 4) is 0 Å². The van der Waals surface area contributed by atoms with Crippen molar-refractivity contribution in [2.75, 3.05) is 0 Å². The van der Waals surface area contributed by atoms with E-state index < -0.39 is 4.45 Å². The molecule has 0 aliphatic carbocycles. The first-order valence-electron chi connectivity index (χ1n) is 0.651. The Kier molecular flexibility index (Phi) is 9.07. The zero-order chi connectivity index (χ0) is 3.58. The molecule has 0 fully saturated rings. The Morgan fingerprint density at radius 2 is 1.40 bits per heavy atom. The monoisotopic (exact) mass is 153 g/mol. The topological polar surface area (TPSA) is 17.1 Å². The minimum atomic E-state index is -0.444. The summed E-state index contributed by atoms with van der Waals surface area (Å²) in [6, 6.07) is 0. The zero-order valence-electron chi connectivity index (χ0n) is 2.14. The van der Waals surface area contributed by atoms with Crippen LogP contribution < -0.4 is 0 Å². The van der Waals surface area contributed by atoms with Gasteiger partial charge in [-0.05, 0) is 0 Å². The molecule has 0 N–H and O–H groups in total. The predicted molar refractivity (Wildman–Crippen MR) is 23.4 cm³/mol. The molecule has 0 aromatic carbocycles. The summed E-state index contributed by atoms with van der Waals surface area (Å²) in [6.45, 7) is 0. The van der Waals surface area contributed by atoms with Gasteiger partial charge in [-0.3, -0.25) is 4.79 Å². The first-order chi connectivity index (χ1) is 1.73. The molecule has 0 aromatic heterocycles. The molecule has 1 radical (unpaired) electrons. The molecule has 0 spiro atoms. The van der Waals surface area contributed by atoms with Crippen LogP contribution in [0.15, 0.2) is 0 Å². The van der Waals surface area contributed by atoms with Gasteiger partial charge in [-0.25, -0.2) is 0 Å². The predicted octanol–water partition coefficient (Wildman–Crippen LogP) is 0.963. The molecular formula is CH2CoOS2. The van der Waals surface area contributed by atoms with Crippen LogP contribution in [0.1, 0.15) is 0 Å². The van der Waals surface area contributed by atoms with Crippen molar-refractivity contribution < 1.29 is 21.6 Å². The smallest absolute Gasteiger partial charge is 0.239 e. The Balaban J connectivity index is 0. The molecule has 1 nitrogen and oxygen atoms in total. The molecule has 0 aromatic rings. The fraction of sp³-hybridized carbons (Fsp3) is 0. The molecule has 0 rings (SSSR count). The summed E-state index contributed by atoms with van der Waals surface area (Å²) < 4.78 is -0.444. The van der Waals surface area contributed by atoms with Gasteiger partial charge in [0.15, 0.2) is 0 Å². The van der Waals surface area contributed by atoms with Gasteiger partial charge in [-0.15, -0.1) is 0 Å². The van der Waals surface area contributed by atoms with Crippen molar-refractivity contribution in [2.45, 2.75) is 0 Å². The SMILES string of the molecule is O=C(S)S.[Co]. The average Bonchev–Trinajstić information content (AvgIpc) is 0.811. The Morgan fingerprint density at radius 3 is 1.40 bits per heavy atom. The summed E-state index contributed by atoms with van der Waals surface area (Å²) in [5.74, 6) is 0. The van der Waals surface area contributed by atoms with E-state index in [4.69, 9.17) is 0 Å². The van der Waals surface area contributed by atoms with Crippen molar-refractivity contribution in [1.29, 1.82) is 0 Å². The van der Waals surface area contributed by atoms with Crippen molar-refractivity contribution in [3.63, 3.8) is 0 Å². The first-order valence-corrected chi connectivity index (χ1v) is 1.55. The van der Waals surface area contributed by atoms with Crippen molar-refractivity contribution >= 4 is 29.7 Å². The molecule has 0 atom stereocenters. The Morgan fingerprint density at radius 1 is 1.40 bits per heavy atom. The molecule has 0 bridgehead atoms. The van der Waals surface area contributed by atoms with Crippen LogP contribution in [0.4, 0.5) is 4.79 Å². The van der Waals surface area contributed by atoms with Gasteiger partial charge in [0.1, 0.15) is 0 Å². The van der Waals surface area contributed by atoms with Crippen LogP contribution in [-0.2, 0) is 16.8 Å². The Bertz CT molecular complexity index is 32.6. The van der Waals surface area contributed by atoms with Crippen molar-refractivity contribution in [3.05, 3.63) is 0 Å². The van der Waals surface area contributed by atoms with Gasteiger partial charge in [0, 0.05) is 16.8 Å². The molecule has 0 saturated heterocycles. The normalized spacial score (nSPS) is 5.20. The number of rotatable bonds is 0. The summed E-state index contributed by atoms with van der Waals surface area (Å²) in [6.07, 6.45) is 0. The standard InChI is InChI=1S/CH2OS2.Co/c2-1(3)4;/h(H2,2,3,4);. The molecule has 0 saturated carbocycles. The van der Waals surface area contributed by atoms with E-state index >= 15 is 0 Å². The summed E-state index contributed by atoms with van der Waals surface area (Å²) in [5.41, 5.74) is 0. The maximum absolute atomic E-state index is 9.17. The molecule has 0 heterocycles. The molecule has 0 unspecified atom stereocenters. The third-order valence-electron chi connectivity index (χ3n) is 0. The van der Waals surface area contributed by atoms with E-state index in [1.165, 1.54) is 0 Å². The van der Waals surface area contributed by atoms with E-state index in [2.05, 4.69) is 25.3 Å². The largest absolute Gasteiger partial charge is 0.275 e. The number of thiol groups is 2. The van der Waals surface area contributed by atoms with Gasteiger partial charge in [0.25, 0.3) is 0 Å². The van der Waals surface area contributed by atoms with Crippen LogP contribution in [0.3, 0.4) is 0 Å². The maximum Gasteiger partial charge on any atom is 0.239 e. The Hall–Kier alpha value is 0.876. The van der Waals surface area contributed by atoms with Gasteiger partial charge < -0.3 is 0 Å². The maximum atomic E-state index is 9.17. The van der Waals surface area contributed by atoms with E-state index in [0.29, 0.717) is 0 Å². The van der Waals surface area contributed by atoms with Crippen LogP contribution in [0, 0.1) is 0 Å². The first kappa shape index (κ1) is 9.30. The third kappa shape index (κ3) is 52.5. The number of carbonyl (C=O) groups excluding carboxylic acids is 1. The van der Waals surface area contributed by atoms with Crippen LogP contribution >= 0.6 is 25.3 Å². The second-order valence-corrected chi connectivity index (χ2v) is 1.45. The molecule has 0 aliphatic heterocycles. The molecule has 33 valence electrons. The number of hydrogen-bond donors (Lipinski definition) is 2. The third-order valence-corrected chi connectivity index (χ3v) is 0. The van der Waals surface area contributed by atoms with E-state index in [0.717, 1.165) is 0 Å². The van der Waals surface area contributed by atoms with Gasteiger partial charge in [-0.2, -0.15) is 0 Å². The van der Waals surface area contributed by atoms with Crippen molar-refractivity contribution in [2.24, 2.45) is 0 Å². The van der Waals surface area contributed by atoms with Crippen molar-refractivity contribution in [1.82, 2.24) is 0 Å². The van der Waals surface area contributed by atoms with Crippen LogP contribution in [-0.4, -0.2) is 4.45 Å². The fourth-order valence-corrected chi connectivity index (χ4v) is 0. The van der Waals surface area contributed by atoms with Crippen LogP contribution in [0.5, 0.6) is 0 Å². The van der Waals surface area contributed by atoms with E-state index in [1.807, 2.05) is 0 Å². The summed E-state index contributed by atoms with van der Waals surface area (Å²) in [4.78, 5) is 9.17. The fourth-order valence-electron chi connectivity index (χ4n) is 0. The molecule has 0 amide bonds. The number of hydrogen-bond acceptors (Lipinski definition) is 1. The summed E-state index contributed by atoms with van der Waals surface area (Å²) >= 11 is 6.38. The molecule has 4 heteroatoms. The molecule has 5 heavy (non-hydrogen) atoms. The zero-order valence-corrected chi connectivity index (χ0v) is 4.97. The Labute approximate surface area is 51.5 Å². The van der Waals surface area contributed by atoms with Gasteiger partial charge in [0.2, 0.25) is 4.45 Å². The summed E-state index contributed by atoms with van der Waals surface area (Å²) in [5, 5.41) is 0. The second kappa shape index (κ2) is 4.88. The minimum Gasteiger partial charge on any atom is -0.275 e. The second-order valence-electron chi connectivity index (χ2n) is 0.283. The molecule has 0 aliphatic rings. The van der Waals surface area contributed by atoms with E-state index in [-0.39, 0.29) is 16.8 Å². The molecular weight excluding hydrogens is 151 g/mol. The van der Waals surface area contributed by atoms with E-state index in [1.54, 1.807) is 0 Å².